The Morgan fingerprint density at radius 3 is 2.48 bits per heavy atom. The fourth-order valence-electron chi connectivity index (χ4n) is 4.79. The van der Waals surface area contributed by atoms with Gasteiger partial charge in [0.15, 0.2) is 16.7 Å². The van der Waals surface area contributed by atoms with Crippen LogP contribution in [0, 0.1) is 5.82 Å². The molecule has 0 saturated carbocycles. The zero-order chi connectivity index (χ0) is 29.6. The van der Waals surface area contributed by atoms with Crippen molar-refractivity contribution in [2.75, 3.05) is 14.2 Å². The minimum absolute atomic E-state index is 0.0482. The molecule has 2 aliphatic rings. The van der Waals surface area contributed by atoms with E-state index in [9.17, 15) is 14.0 Å². The zero-order valence-corrected chi connectivity index (χ0v) is 24.2. The lowest BCUT2D eigenvalue weighted by Gasteiger charge is -2.36. The van der Waals surface area contributed by atoms with Gasteiger partial charge in [-0.15, -0.1) is 0 Å². The van der Waals surface area contributed by atoms with Gasteiger partial charge in [-0.05, 0) is 53.3 Å². The van der Waals surface area contributed by atoms with Crippen molar-refractivity contribution in [3.8, 4) is 11.5 Å². The highest BCUT2D eigenvalue weighted by Crippen LogP contribution is 2.46. The summed E-state index contributed by atoms with van der Waals surface area (Å²) in [4.78, 5) is 32.6. The van der Waals surface area contributed by atoms with Gasteiger partial charge in [0, 0.05) is 12.2 Å². The molecule has 0 aromatic heterocycles. The first-order valence-electron chi connectivity index (χ1n) is 13.3. The number of aliphatic imine (C=N–C) groups is 1. The molecule has 5 rings (SSSR count). The van der Waals surface area contributed by atoms with Crippen molar-refractivity contribution in [3.63, 3.8) is 0 Å². The van der Waals surface area contributed by atoms with Crippen molar-refractivity contribution in [2.24, 2.45) is 4.99 Å². The smallest absolute Gasteiger partial charge is 0.338 e. The van der Waals surface area contributed by atoms with Crippen LogP contribution in [0.2, 0.25) is 0 Å². The topological polar surface area (TPSA) is 89.5 Å². The molecular weight excluding hydrogens is 557 g/mol. The van der Waals surface area contributed by atoms with Crippen molar-refractivity contribution in [1.29, 1.82) is 0 Å². The molecular formula is C32H30FN3O5S. The number of esters is 1. The summed E-state index contributed by atoms with van der Waals surface area (Å²) in [7, 11) is 2.89. The second kappa shape index (κ2) is 12.9. The maximum Gasteiger partial charge on any atom is 0.338 e. The Kier molecular flexibility index (Phi) is 8.92. The van der Waals surface area contributed by atoms with Crippen molar-refractivity contribution < 1.29 is 28.2 Å². The van der Waals surface area contributed by atoms with E-state index in [1.54, 1.807) is 26.2 Å². The molecule has 10 heteroatoms. The number of hydrogen-bond donors (Lipinski definition) is 1. The van der Waals surface area contributed by atoms with Crippen molar-refractivity contribution in [3.05, 3.63) is 118 Å². The maximum absolute atomic E-state index is 13.2. The van der Waals surface area contributed by atoms with E-state index in [0.717, 1.165) is 16.7 Å². The maximum atomic E-state index is 13.2. The van der Waals surface area contributed by atoms with E-state index in [0.29, 0.717) is 40.2 Å². The number of amides is 1. The molecule has 42 heavy (non-hydrogen) atoms. The minimum Gasteiger partial charge on any atom is -0.493 e. The zero-order valence-electron chi connectivity index (χ0n) is 23.4. The van der Waals surface area contributed by atoms with Crippen LogP contribution in [-0.2, 0) is 27.5 Å². The lowest BCUT2D eigenvalue weighted by molar-refractivity contribution is -0.136. The molecule has 0 saturated heterocycles. The van der Waals surface area contributed by atoms with Gasteiger partial charge in [-0.2, -0.15) is 0 Å². The van der Waals surface area contributed by atoms with Crippen molar-refractivity contribution >= 4 is 28.8 Å². The van der Waals surface area contributed by atoms with Crippen LogP contribution < -0.4 is 14.8 Å². The fourth-order valence-corrected chi connectivity index (χ4v) is 5.76. The number of nitrogens with one attached hydrogen (secondary N) is 1. The molecule has 0 radical (unpaired) electrons. The molecule has 0 fully saturated rings. The van der Waals surface area contributed by atoms with E-state index < -0.39 is 12.0 Å². The Balaban J connectivity index is 1.41. The van der Waals surface area contributed by atoms with Gasteiger partial charge >= 0.3 is 5.97 Å². The highest BCUT2D eigenvalue weighted by molar-refractivity contribution is 8.16. The van der Waals surface area contributed by atoms with Gasteiger partial charge in [-0.25, -0.2) is 14.2 Å². The van der Waals surface area contributed by atoms with E-state index in [1.165, 1.54) is 31.0 Å². The van der Waals surface area contributed by atoms with Crippen molar-refractivity contribution in [1.82, 2.24) is 10.2 Å². The quantitative estimate of drug-likeness (QED) is 0.297. The molecule has 1 amide bonds. The first-order chi connectivity index (χ1) is 20.4. The highest BCUT2D eigenvalue weighted by atomic mass is 32.2. The van der Waals surface area contributed by atoms with Gasteiger partial charge in [0.25, 0.3) is 0 Å². The average Bonchev–Trinajstić information content (AvgIpc) is 3.40. The number of ether oxygens (including phenoxy) is 3. The molecule has 1 atom stereocenters. The van der Waals surface area contributed by atoms with Crippen LogP contribution >= 0.6 is 11.8 Å². The SMILES string of the molecule is COC(=O)C1=C(C)N=C2SC=C(CC(=O)NCc3ccc(F)cc3)N2[C@@H]1c1ccc(OCc2ccccc2)c(OC)c1. The third-order valence-electron chi connectivity index (χ3n) is 6.89. The standard InChI is InChI=1S/C32H30FN3O5S/c1-20-29(31(38)40-3)30(23-11-14-26(27(15-23)39-2)41-18-22-7-5-4-6-8-22)36-25(19-42-32(36)35-20)16-28(37)34-17-21-9-12-24(33)13-10-21/h4-15,19,30H,16-18H2,1-3H3,(H,34,37)/t30-/m1/s1. The highest BCUT2D eigenvalue weighted by Gasteiger charge is 2.41. The normalized spacial score (nSPS) is 15.9. The van der Waals surface area contributed by atoms with Crippen LogP contribution in [0.25, 0.3) is 0 Å². The molecule has 0 bridgehead atoms. The van der Waals surface area contributed by atoms with Gasteiger partial charge in [0.2, 0.25) is 5.91 Å². The summed E-state index contributed by atoms with van der Waals surface area (Å²) < 4.78 is 30.1. The number of nitrogens with zero attached hydrogens (tertiary/aromatic N) is 2. The van der Waals surface area contributed by atoms with Gasteiger partial charge < -0.3 is 24.4 Å². The van der Waals surface area contributed by atoms with Crippen molar-refractivity contribution in [2.45, 2.75) is 32.5 Å². The monoisotopic (exact) mass is 587 g/mol. The first kappa shape index (κ1) is 28.9. The third kappa shape index (κ3) is 6.33. The van der Waals surface area contributed by atoms with Crippen LogP contribution in [0.4, 0.5) is 4.39 Å². The molecule has 3 aromatic carbocycles. The number of rotatable bonds is 10. The number of halogens is 1. The second-order valence-electron chi connectivity index (χ2n) is 9.65. The summed E-state index contributed by atoms with van der Waals surface area (Å²) in [5.41, 5.74) is 4.12. The Hall–Kier alpha value is -4.57. The minimum atomic E-state index is -0.617. The summed E-state index contributed by atoms with van der Waals surface area (Å²) in [6.45, 7) is 2.40. The van der Waals surface area contributed by atoms with E-state index in [2.05, 4.69) is 10.3 Å². The van der Waals surface area contributed by atoms with Crippen LogP contribution in [0.1, 0.15) is 36.1 Å². The number of benzene rings is 3. The molecule has 3 aromatic rings. The van der Waals surface area contributed by atoms with E-state index in [1.807, 2.05) is 58.8 Å². The number of hydrogen-bond acceptors (Lipinski definition) is 8. The summed E-state index contributed by atoms with van der Waals surface area (Å²) in [5, 5.41) is 5.40. The predicted octanol–water partition coefficient (Wildman–Crippen LogP) is 5.87. The second-order valence-corrected chi connectivity index (χ2v) is 10.5. The first-order valence-corrected chi connectivity index (χ1v) is 14.1. The lowest BCUT2D eigenvalue weighted by Crippen LogP contribution is -2.37. The molecule has 2 heterocycles. The largest absolute Gasteiger partial charge is 0.493 e. The Labute approximate surface area is 247 Å². The van der Waals surface area contributed by atoms with Gasteiger partial charge in [0.1, 0.15) is 12.4 Å². The molecule has 216 valence electrons. The molecule has 2 aliphatic heterocycles. The van der Waals surface area contributed by atoms with Crippen LogP contribution in [0.5, 0.6) is 11.5 Å². The van der Waals surface area contributed by atoms with Gasteiger partial charge in [0.05, 0.1) is 38.0 Å². The number of methoxy groups -OCH3 is 2. The summed E-state index contributed by atoms with van der Waals surface area (Å²) in [6.07, 6.45) is 0.0482. The number of thioether (sulfide) groups is 1. The van der Waals surface area contributed by atoms with E-state index in [4.69, 9.17) is 14.2 Å². The van der Waals surface area contributed by atoms with Crippen LogP contribution in [0.15, 0.2) is 100 Å². The molecule has 1 N–H and O–H groups in total. The summed E-state index contributed by atoms with van der Waals surface area (Å²) >= 11 is 1.38. The predicted molar refractivity (Wildman–Crippen MR) is 159 cm³/mol. The van der Waals surface area contributed by atoms with Crippen LogP contribution in [-0.4, -0.2) is 36.2 Å². The summed E-state index contributed by atoms with van der Waals surface area (Å²) in [6, 6.07) is 20.7. The molecule has 8 nitrogen and oxygen atoms in total. The van der Waals surface area contributed by atoms with Gasteiger partial charge in [-0.3, -0.25) is 4.79 Å². The number of carbonyl (C=O) groups is 2. The number of allylic oxidation sites excluding steroid dienone is 1. The number of carbonyl (C=O) groups excluding carboxylic acids is 2. The lowest BCUT2D eigenvalue weighted by atomic mass is 9.93. The molecule has 0 aliphatic carbocycles. The van der Waals surface area contributed by atoms with Crippen LogP contribution in [0.3, 0.4) is 0 Å². The number of fused-ring (bicyclic) bond motifs is 1. The fraction of sp³-hybridized carbons (Fsp3) is 0.219. The molecule has 0 unspecified atom stereocenters. The summed E-state index contributed by atoms with van der Waals surface area (Å²) in [5.74, 6) is -0.0102. The Morgan fingerprint density at radius 2 is 1.76 bits per heavy atom. The third-order valence-corrected chi connectivity index (χ3v) is 7.78. The van der Waals surface area contributed by atoms with E-state index >= 15 is 0 Å². The van der Waals surface area contributed by atoms with Gasteiger partial charge in [-0.1, -0.05) is 60.3 Å². The average molecular weight is 588 g/mol. The Bertz CT molecular complexity index is 1570. The number of amidine groups is 1. The van der Waals surface area contributed by atoms with E-state index in [-0.39, 0.29) is 24.7 Å². The Morgan fingerprint density at radius 1 is 1.00 bits per heavy atom. The molecule has 0 spiro atoms.